The third kappa shape index (κ3) is 2.21. The van der Waals surface area contributed by atoms with Gasteiger partial charge in [0.05, 0.1) is 10.6 Å². The van der Waals surface area contributed by atoms with Gasteiger partial charge >= 0.3 is 0 Å². The molecule has 0 bridgehead atoms. The molecule has 0 fully saturated rings. The molecule has 0 saturated carbocycles. The molecular weight excluding hydrogens is 298 g/mol. The van der Waals surface area contributed by atoms with Crippen molar-refractivity contribution in [3.8, 4) is 10.8 Å². The molecule has 110 valence electrons. The monoisotopic (exact) mass is 311 g/mol. The summed E-state index contributed by atoms with van der Waals surface area (Å²) in [5, 5.41) is 6.15. The number of oxazole rings is 1. The summed E-state index contributed by atoms with van der Waals surface area (Å²) >= 11 is 1.60. The minimum atomic E-state index is -0.0698. The van der Waals surface area contributed by atoms with Crippen LogP contribution in [0.3, 0.4) is 0 Å². The Morgan fingerprint density at radius 3 is 3.05 bits per heavy atom. The number of hydrazone groups is 1. The summed E-state index contributed by atoms with van der Waals surface area (Å²) in [5.41, 5.74) is 5.93. The number of thiophene rings is 1. The lowest BCUT2D eigenvalue weighted by atomic mass is 9.97. The van der Waals surface area contributed by atoms with Gasteiger partial charge in [0.1, 0.15) is 5.52 Å². The molecule has 0 spiro atoms. The Hall–Kier alpha value is -2.47. The van der Waals surface area contributed by atoms with Gasteiger partial charge in [-0.15, -0.1) is 11.3 Å². The summed E-state index contributed by atoms with van der Waals surface area (Å²) in [4.78, 5) is 17.0. The number of amides is 1. The van der Waals surface area contributed by atoms with E-state index in [1.807, 2.05) is 42.6 Å². The van der Waals surface area contributed by atoms with Crippen molar-refractivity contribution in [1.82, 2.24) is 10.4 Å². The maximum atomic E-state index is 11.5. The van der Waals surface area contributed by atoms with Crippen molar-refractivity contribution in [2.24, 2.45) is 11.0 Å². The van der Waals surface area contributed by atoms with Gasteiger partial charge in [-0.3, -0.25) is 4.79 Å². The molecule has 1 N–H and O–H groups in total. The van der Waals surface area contributed by atoms with Gasteiger partial charge in [0, 0.05) is 17.9 Å². The largest absolute Gasteiger partial charge is 0.435 e. The summed E-state index contributed by atoms with van der Waals surface area (Å²) in [7, 11) is 0. The highest BCUT2D eigenvalue weighted by atomic mass is 32.1. The first-order valence-electron chi connectivity index (χ1n) is 7.02. The van der Waals surface area contributed by atoms with E-state index in [4.69, 9.17) is 4.42 Å². The molecule has 1 unspecified atom stereocenters. The number of carbonyl (C=O) groups excluding carboxylic acids is 1. The molecule has 1 atom stereocenters. The maximum absolute atomic E-state index is 11.5. The Labute approximate surface area is 130 Å². The van der Waals surface area contributed by atoms with Gasteiger partial charge in [-0.2, -0.15) is 5.10 Å². The first-order chi connectivity index (χ1) is 10.7. The average molecular weight is 311 g/mol. The van der Waals surface area contributed by atoms with Crippen LogP contribution in [0.1, 0.15) is 18.9 Å². The van der Waals surface area contributed by atoms with Gasteiger partial charge in [-0.05, 0) is 23.6 Å². The molecule has 22 heavy (non-hydrogen) atoms. The van der Waals surface area contributed by atoms with Crippen molar-refractivity contribution in [2.45, 2.75) is 13.3 Å². The molecule has 6 heteroatoms. The van der Waals surface area contributed by atoms with Crippen molar-refractivity contribution in [3.05, 3.63) is 41.3 Å². The van der Waals surface area contributed by atoms with Gasteiger partial charge in [0.2, 0.25) is 11.8 Å². The molecule has 2 aromatic heterocycles. The third-order valence-electron chi connectivity index (χ3n) is 3.70. The van der Waals surface area contributed by atoms with E-state index >= 15 is 0 Å². The number of fused-ring (bicyclic) bond motifs is 1. The van der Waals surface area contributed by atoms with Crippen LogP contribution in [0.5, 0.6) is 0 Å². The van der Waals surface area contributed by atoms with Crippen LogP contribution >= 0.6 is 11.3 Å². The maximum Gasteiger partial charge on any atom is 0.243 e. The lowest BCUT2D eigenvalue weighted by molar-refractivity contribution is -0.124. The second kappa shape index (κ2) is 5.06. The van der Waals surface area contributed by atoms with Gasteiger partial charge < -0.3 is 4.42 Å². The molecule has 5 nitrogen and oxygen atoms in total. The number of hydrogen-bond donors (Lipinski definition) is 1. The van der Waals surface area contributed by atoms with Gasteiger partial charge in [0.25, 0.3) is 0 Å². The fourth-order valence-electron chi connectivity index (χ4n) is 2.45. The number of hydrogen-bond acceptors (Lipinski definition) is 5. The second-order valence-corrected chi connectivity index (χ2v) is 6.27. The molecule has 1 aliphatic rings. The first-order valence-corrected chi connectivity index (χ1v) is 7.90. The Bertz CT molecular complexity index is 880. The molecule has 1 aliphatic heterocycles. The molecule has 0 radical (unpaired) electrons. The van der Waals surface area contributed by atoms with Crippen LogP contribution in [0.4, 0.5) is 0 Å². The molecule has 3 aromatic rings. The number of benzene rings is 1. The van der Waals surface area contributed by atoms with Gasteiger partial charge in [-0.1, -0.05) is 19.1 Å². The van der Waals surface area contributed by atoms with E-state index in [1.165, 1.54) is 0 Å². The lowest BCUT2D eigenvalue weighted by Crippen LogP contribution is -2.33. The topological polar surface area (TPSA) is 67.5 Å². The summed E-state index contributed by atoms with van der Waals surface area (Å²) in [6, 6.07) is 9.78. The van der Waals surface area contributed by atoms with E-state index in [2.05, 4.69) is 15.5 Å². The van der Waals surface area contributed by atoms with Crippen molar-refractivity contribution in [2.75, 3.05) is 0 Å². The van der Waals surface area contributed by atoms with Crippen LogP contribution in [0.25, 0.3) is 21.9 Å². The summed E-state index contributed by atoms with van der Waals surface area (Å²) in [6.45, 7) is 1.89. The van der Waals surface area contributed by atoms with E-state index < -0.39 is 0 Å². The first kappa shape index (κ1) is 13.2. The Morgan fingerprint density at radius 2 is 2.27 bits per heavy atom. The zero-order chi connectivity index (χ0) is 15.1. The van der Waals surface area contributed by atoms with E-state index in [1.54, 1.807) is 11.3 Å². The highest BCUT2D eigenvalue weighted by Crippen LogP contribution is 2.28. The fraction of sp³-hybridized carbons (Fsp3) is 0.188. The minimum Gasteiger partial charge on any atom is -0.435 e. The van der Waals surface area contributed by atoms with Crippen LogP contribution in [0.15, 0.2) is 45.2 Å². The average Bonchev–Trinajstić information content (AvgIpc) is 3.17. The smallest absolute Gasteiger partial charge is 0.243 e. The zero-order valence-electron chi connectivity index (χ0n) is 11.9. The predicted molar refractivity (Wildman–Crippen MR) is 85.8 cm³/mol. The molecule has 4 rings (SSSR count). The zero-order valence-corrected chi connectivity index (χ0v) is 12.7. The van der Waals surface area contributed by atoms with Gasteiger partial charge in [0.15, 0.2) is 5.58 Å². The molecule has 1 amide bonds. The Morgan fingerprint density at radius 1 is 1.36 bits per heavy atom. The van der Waals surface area contributed by atoms with Crippen LogP contribution in [-0.2, 0) is 4.79 Å². The molecule has 0 aliphatic carbocycles. The molecule has 1 aromatic carbocycles. The minimum absolute atomic E-state index is 0.0375. The van der Waals surface area contributed by atoms with Crippen molar-refractivity contribution < 1.29 is 9.21 Å². The van der Waals surface area contributed by atoms with Crippen LogP contribution in [0, 0.1) is 5.92 Å². The van der Waals surface area contributed by atoms with Crippen LogP contribution in [0.2, 0.25) is 0 Å². The van der Waals surface area contributed by atoms with E-state index in [-0.39, 0.29) is 11.8 Å². The quantitative estimate of drug-likeness (QED) is 0.788. The van der Waals surface area contributed by atoms with Crippen LogP contribution < -0.4 is 5.43 Å². The van der Waals surface area contributed by atoms with Crippen molar-refractivity contribution in [3.63, 3.8) is 0 Å². The summed E-state index contributed by atoms with van der Waals surface area (Å²) in [5.74, 6) is 0.526. The van der Waals surface area contributed by atoms with E-state index in [0.29, 0.717) is 12.3 Å². The van der Waals surface area contributed by atoms with Gasteiger partial charge in [-0.25, -0.2) is 10.4 Å². The number of nitrogens with one attached hydrogen (secondary N) is 1. The summed E-state index contributed by atoms with van der Waals surface area (Å²) < 4.78 is 5.85. The number of rotatable bonds is 2. The number of aromatic nitrogens is 1. The van der Waals surface area contributed by atoms with Crippen molar-refractivity contribution in [1.29, 1.82) is 0 Å². The standard InChI is InChI=1S/C16H13N3O2S/c1-9-7-12(18-19-15(9)20)10-4-5-11-13(8-10)21-16(17-11)14-3-2-6-22-14/h2-6,8-9H,7H2,1H3,(H,19,20). The second-order valence-electron chi connectivity index (χ2n) is 5.32. The number of carbonyl (C=O) groups is 1. The normalized spacial score (nSPS) is 18.3. The summed E-state index contributed by atoms with van der Waals surface area (Å²) in [6.07, 6.45) is 0.628. The van der Waals surface area contributed by atoms with Crippen LogP contribution in [-0.4, -0.2) is 16.6 Å². The van der Waals surface area contributed by atoms with E-state index in [9.17, 15) is 4.79 Å². The molecular formula is C16H13N3O2S. The predicted octanol–water partition coefficient (Wildman–Crippen LogP) is 3.42. The fourth-order valence-corrected chi connectivity index (χ4v) is 3.10. The SMILES string of the molecule is CC1CC(c2ccc3nc(-c4cccs4)oc3c2)=NNC1=O. The Kier molecular flexibility index (Phi) is 3.04. The van der Waals surface area contributed by atoms with Crippen molar-refractivity contribution >= 4 is 34.1 Å². The third-order valence-corrected chi connectivity index (χ3v) is 4.56. The number of nitrogens with zero attached hydrogens (tertiary/aromatic N) is 2. The lowest BCUT2D eigenvalue weighted by Gasteiger charge is -2.17. The van der Waals surface area contributed by atoms with E-state index in [0.717, 1.165) is 27.3 Å². The Balaban J connectivity index is 1.73. The molecule has 0 saturated heterocycles. The highest BCUT2D eigenvalue weighted by molar-refractivity contribution is 7.13. The molecule has 3 heterocycles. The highest BCUT2D eigenvalue weighted by Gasteiger charge is 2.22.